The Hall–Kier alpha value is -1.92. The van der Waals surface area contributed by atoms with Gasteiger partial charge in [0, 0.05) is 32.4 Å². The number of ether oxygens (including phenoxy) is 3. The summed E-state index contributed by atoms with van der Waals surface area (Å²) in [6, 6.07) is 6.19. The number of rotatable bonds is 11. The highest BCUT2D eigenvalue weighted by Gasteiger charge is 2.16. The van der Waals surface area contributed by atoms with Crippen LogP contribution in [0, 0.1) is 13.8 Å². The SMILES string of the molecule is CCOCCOc1cc(C)ccc1CN=C(NCc1nnc(C)n1C)NCC1CCCO1.I. The summed E-state index contributed by atoms with van der Waals surface area (Å²) < 4.78 is 19.1. The minimum absolute atomic E-state index is 0. The first-order valence-corrected chi connectivity index (χ1v) is 11.4. The van der Waals surface area contributed by atoms with Crippen molar-refractivity contribution in [3.05, 3.63) is 41.0 Å². The van der Waals surface area contributed by atoms with E-state index >= 15 is 0 Å². The molecule has 0 saturated carbocycles. The molecule has 1 saturated heterocycles. The van der Waals surface area contributed by atoms with Crippen LogP contribution in [-0.4, -0.2) is 59.8 Å². The molecular weight excluding hydrogens is 535 g/mol. The van der Waals surface area contributed by atoms with Gasteiger partial charge in [0.15, 0.2) is 11.8 Å². The molecule has 1 aromatic heterocycles. The number of nitrogens with zero attached hydrogens (tertiary/aromatic N) is 4. The van der Waals surface area contributed by atoms with Crippen molar-refractivity contribution in [3.63, 3.8) is 0 Å². The van der Waals surface area contributed by atoms with Crippen LogP contribution < -0.4 is 15.4 Å². The zero-order chi connectivity index (χ0) is 22.8. The van der Waals surface area contributed by atoms with Gasteiger partial charge < -0.3 is 29.4 Å². The van der Waals surface area contributed by atoms with Gasteiger partial charge in [-0.05, 0) is 45.2 Å². The van der Waals surface area contributed by atoms with E-state index in [-0.39, 0.29) is 30.1 Å². The predicted octanol–water partition coefficient (Wildman–Crippen LogP) is 2.88. The lowest BCUT2D eigenvalue weighted by Gasteiger charge is -2.16. The normalized spacial score (nSPS) is 15.9. The number of guanidine groups is 1. The number of aliphatic imine (C=N–C) groups is 1. The molecule has 1 fully saturated rings. The fourth-order valence-corrected chi connectivity index (χ4v) is 3.40. The molecule has 3 rings (SSSR count). The topological polar surface area (TPSA) is 94.8 Å². The quantitative estimate of drug-likeness (QED) is 0.185. The molecule has 0 radical (unpaired) electrons. The van der Waals surface area contributed by atoms with E-state index in [2.05, 4.69) is 39.9 Å². The molecule has 1 atom stereocenters. The third-order valence-corrected chi connectivity index (χ3v) is 5.44. The van der Waals surface area contributed by atoms with Crippen LogP contribution in [0.1, 0.15) is 42.5 Å². The van der Waals surface area contributed by atoms with Crippen LogP contribution in [-0.2, 0) is 29.6 Å². The summed E-state index contributed by atoms with van der Waals surface area (Å²) in [6.45, 7) is 10.3. The summed E-state index contributed by atoms with van der Waals surface area (Å²) >= 11 is 0. The Labute approximate surface area is 213 Å². The van der Waals surface area contributed by atoms with Crippen LogP contribution in [0.3, 0.4) is 0 Å². The second-order valence-electron chi connectivity index (χ2n) is 7.91. The molecule has 0 bridgehead atoms. The van der Waals surface area contributed by atoms with E-state index in [4.69, 9.17) is 19.2 Å². The fraction of sp³-hybridized carbons (Fsp3) is 0.609. The Morgan fingerprint density at radius 2 is 2.09 bits per heavy atom. The Kier molecular flexibility index (Phi) is 11.9. The molecule has 10 heteroatoms. The van der Waals surface area contributed by atoms with E-state index in [9.17, 15) is 0 Å². The smallest absolute Gasteiger partial charge is 0.192 e. The van der Waals surface area contributed by atoms with Crippen LogP contribution >= 0.6 is 24.0 Å². The molecule has 184 valence electrons. The number of nitrogens with one attached hydrogen (secondary N) is 2. The van der Waals surface area contributed by atoms with E-state index in [0.29, 0.717) is 38.9 Å². The average molecular weight is 572 g/mol. The molecule has 1 aliphatic heterocycles. The number of aromatic nitrogens is 3. The number of benzene rings is 1. The molecule has 1 aromatic carbocycles. The van der Waals surface area contributed by atoms with Crippen LogP contribution in [0.15, 0.2) is 23.2 Å². The summed E-state index contributed by atoms with van der Waals surface area (Å²) in [5.41, 5.74) is 2.18. The Balaban J connectivity index is 0.00000385. The second kappa shape index (κ2) is 14.4. The first kappa shape index (κ1) is 27.3. The monoisotopic (exact) mass is 572 g/mol. The highest BCUT2D eigenvalue weighted by molar-refractivity contribution is 14.0. The number of hydrogen-bond acceptors (Lipinski definition) is 6. The maximum Gasteiger partial charge on any atom is 0.192 e. The number of halogens is 1. The van der Waals surface area contributed by atoms with Crippen molar-refractivity contribution in [2.45, 2.75) is 52.8 Å². The van der Waals surface area contributed by atoms with E-state index in [0.717, 1.165) is 54.5 Å². The van der Waals surface area contributed by atoms with Gasteiger partial charge >= 0.3 is 0 Å². The molecular formula is C23H37IN6O3. The average Bonchev–Trinajstić information content (AvgIpc) is 3.42. The summed E-state index contributed by atoms with van der Waals surface area (Å²) in [6.07, 6.45) is 2.39. The standard InChI is InChI=1S/C23H36N6O3.HI/c1-5-30-11-12-32-21-13-17(2)8-9-19(21)14-24-23(25-15-20-7-6-10-31-20)26-16-22-28-27-18(3)29(22)4;/h8-9,13,20H,5-7,10-12,14-16H2,1-4H3,(H2,24,25,26);1H. The van der Waals surface area contributed by atoms with Gasteiger partial charge in [-0.15, -0.1) is 34.2 Å². The van der Waals surface area contributed by atoms with Gasteiger partial charge in [0.25, 0.3) is 0 Å². The molecule has 2 aromatic rings. The molecule has 33 heavy (non-hydrogen) atoms. The maximum atomic E-state index is 5.96. The van der Waals surface area contributed by atoms with E-state index in [1.807, 2.05) is 31.5 Å². The Morgan fingerprint density at radius 1 is 1.24 bits per heavy atom. The van der Waals surface area contributed by atoms with E-state index in [1.54, 1.807) is 0 Å². The largest absolute Gasteiger partial charge is 0.491 e. The lowest BCUT2D eigenvalue weighted by atomic mass is 10.1. The van der Waals surface area contributed by atoms with Crippen LogP contribution in [0.5, 0.6) is 5.75 Å². The van der Waals surface area contributed by atoms with Gasteiger partial charge in [0.2, 0.25) is 0 Å². The van der Waals surface area contributed by atoms with Crippen LogP contribution in [0.25, 0.3) is 0 Å². The van der Waals surface area contributed by atoms with Gasteiger partial charge in [-0.25, -0.2) is 4.99 Å². The number of aryl methyl sites for hydroxylation is 2. The molecule has 2 N–H and O–H groups in total. The van der Waals surface area contributed by atoms with Crippen molar-refractivity contribution in [2.75, 3.05) is 33.0 Å². The predicted molar refractivity (Wildman–Crippen MR) is 139 cm³/mol. The van der Waals surface area contributed by atoms with Crippen molar-refractivity contribution in [3.8, 4) is 5.75 Å². The first-order valence-electron chi connectivity index (χ1n) is 11.4. The second-order valence-corrected chi connectivity index (χ2v) is 7.91. The van der Waals surface area contributed by atoms with Crippen molar-refractivity contribution >= 4 is 29.9 Å². The number of hydrogen-bond donors (Lipinski definition) is 2. The molecule has 0 aliphatic carbocycles. The van der Waals surface area contributed by atoms with Gasteiger partial charge in [-0.2, -0.15) is 0 Å². The highest BCUT2D eigenvalue weighted by Crippen LogP contribution is 2.21. The summed E-state index contributed by atoms with van der Waals surface area (Å²) in [4.78, 5) is 4.81. The summed E-state index contributed by atoms with van der Waals surface area (Å²) in [7, 11) is 1.96. The van der Waals surface area contributed by atoms with Gasteiger partial charge in [0.05, 0.1) is 25.8 Å². The molecule has 2 heterocycles. The third-order valence-electron chi connectivity index (χ3n) is 5.44. The Morgan fingerprint density at radius 3 is 2.79 bits per heavy atom. The maximum absolute atomic E-state index is 5.96. The lowest BCUT2D eigenvalue weighted by Crippen LogP contribution is -2.41. The van der Waals surface area contributed by atoms with E-state index in [1.165, 1.54) is 0 Å². The zero-order valence-electron chi connectivity index (χ0n) is 20.1. The van der Waals surface area contributed by atoms with Crippen LogP contribution in [0.2, 0.25) is 0 Å². The van der Waals surface area contributed by atoms with Crippen molar-refractivity contribution in [2.24, 2.45) is 12.0 Å². The summed E-state index contributed by atoms with van der Waals surface area (Å²) in [5, 5.41) is 15.1. The first-order chi connectivity index (χ1) is 15.6. The lowest BCUT2D eigenvalue weighted by molar-refractivity contribution is 0.110. The van der Waals surface area contributed by atoms with Gasteiger partial charge in [-0.1, -0.05) is 12.1 Å². The zero-order valence-corrected chi connectivity index (χ0v) is 22.4. The van der Waals surface area contributed by atoms with Crippen molar-refractivity contribution in [1.29, 1.82) is 0 Å². The van der Waals surface area contributed by atoms with Crippen molar-refractivity contribution in [1.82, 2.24) is 25.4 Å². The molecule has 1 aliphatic rings. The van der Waals surface area contributed by atoms with Crippen LogP contribution in [0.4, 0.5) is 0 Å². The van der Waals surface area contributed by atoms with Gasteiger partial charge in [-0.3, -0.25) is 0 Å². The molecule has 0 amide bonds. The fourth-order valence-electron chi connectivity index (χ4n) is 3.40. The molecule has 9 nitrogen and oxygen atoms in total. The van der Waals surface area contributed by atoms with E-state index < -0.39 is 0 Å². The molecule has 0 spiro atoms. The Bertz CT molecular complexity index is 883. The van der Waals surface area contributed by atoms with Crippen molar-refractivity contribution < 1.29 is 14.2 Å². The molecule has 1 unspecified atom stereocenters. The highest BCUT2D eigenvalue weighted by atomic mass is 127. The third kappa shape index (κ3) is 8.74. The summed E-state index contributed by atoms with van der Waals surface area (Å²) in [5.74, 6) is 3.28. The minimum Gasteiger partial charge on any atom is -0.491 e. The minimum atomic E-state index is 0. The van der Waals surface area contributed by atoms with Gasteiger partial charge in [0.1, 0.15) is 18.2 Å².